The summed E-state index contributed by atoms with van der Waals surface area (Å²) in [6, 6.07) is 16.9. The number of hydrogen-bond donors (Lipinski definition) is 3. The Morgan fingerprint density at radius 1 is 1.00 bits per heavy atom. The van der Waals surface area contributed by atoms with Gasteiger partial charge in [-0.15, -0.1) is 0 Å². The van der Waals surface area contributed by atoms with Crippen LogP contribution in [0.3, 0.4) is 0 Å². The Labute approximate surface area is 198 Å². The van der Waals surface area contributed by atoms with Gasteiger partial charge in [0.2, 0.25) is 5.91 Å². The Hall–Kier alpha value is -3.72. The van der Waals surface area contributed by atoms with Gasteiger partial charge in [0, 0.05) is 6.54 Å². The molecule has 3 aromatic carbocycles. The second kappa shape index (κ2) is 10.5. The van der Waals surface area contributed by atoms with Crippen LogP contribution < -0.4 is 15.8 Å². The summed E-state index contributed by atoms with van der Waals surface area (Å²) in [5.74, 6) is -2.31. The van der Waals surface area contributed by atoms with Gasteiger partial charge in [-0.3, -0.25) is 14.3 Å². The number of carbonyl (C=O) groups excluding carboxylic acids is 2. The van der Waals surface area contributed by atoms with Gasteiger partial charge in [0.25, 0.3) is 15.9 Å². The first kappa shape index (κ1) is 24.9. The summed E-state index contributed by atoms with van der Waals surface area (Å²) in [5, 5.41) is 2.65. The third-order valence-electron chi connectivity index (χ3n) is 5.36. The molecule has 0 bridgehead atoms. The number of primary amides is 1. The van der Waals surface area contributed by atoms with Crippen LogP contribution in [-0.4, -0.2) is 26.8 Å². The third kappa shape index (κ3) is 6.20. The minimum absolute atomic E-state index is 0.0659. The van der Waals surface area contributed by atoms with Crippen LogP contribution in [0.1, 0.15) is 27.0 Å². The lowest BCUT2D eigenvalue weighted by molar-refractivity contribution is -0.121. The Morgan fingerprint density at radius 3 is 2.35 bits per heavy atom. The second-order valence-corrected chi connectivity index (χ2v) is 9.71. The van der Waals surface area contributed by atoms with Gasteiger partial charge in [-0.2, -0.15) is 0 Å². The van der Waals surface area contributed by atoms with Crippen LogP contribution >= 0.6 is 0 Å². The Morgan fingerprint density at radius 2 is 1.68 bits per heavy atom. The van der Waals surface area contributed by atoms with Crippen molar-refractivity contribution < 1.29 is 22.4 Å². The van der Waals surface area contributed by atoms with Gasteiger partial charge in [-0.25, -0.2) is 12.8 Å². The van der Waals surface area contributed by atoms with E-state index < -0.39 is 33.6 Å². The molecular weight excluding hydrogens is 457 g/mol. The summed E-state index contributed by atoms with van der Waals surface area (Å²) in [7, 11) is -3.95. The highest BCUT2D eigenvalue weighted by molar-refractivity contribution is 7.92. The molecule has 34 heavy (non-hydrogen) atoms. The van der Waals surface area contributed by atoms with E-state index in [2.05, 4.69) is 10.0 Å². The normalized spacial score (nSPS) is 12.1. The van der Waals surface area contributed by atoms with Gasteiger partial charge in [0.05, 0.1) is 22.1 Å². The largest absolute Gasteiger partial charge is 0.369 e. The first-order chi connectivity index (χ1) is 16.1. The van der Waals surface area contributed by atoms with Crippen molar-refractivity contribution in [1.29, 1.82) is 0 Å². The van der Waals surface area contributed by atoms with Crippen molar-refractivity contribution in [2.45, 2.75) is 25.2 Å². The molecule has 3 aromatic rings. The number of rotatable bonds is 9. The maximum absolute atomic E-state index is 13.1. The van der Waals surface area contributed by atoms with E-state index in [1.807, 2.05) is 6.07 Å². The molecule has 7 nitrogen and oxygen atoms in total. The number of hydrogen-bond acceptors (Lipinski definition) is 4. The Bertz CT molecular complexity index is 1310. The highest BCUT2D eigenvalue weighted by Gasteiger charge is 2.22. The molecule has 0 fully saturated rings. The van der Waals surface area contributed by atoms with Gasteiger partial charge >= 0.3 is 0 Å². The molecule has 0 radical (unpaired) electrons. The fourth-order valence-electron chi connectivity index (χ4n) is 3.46. The molecule has 0 saturated heterocycles. The van der Waals surface area contributed by atoms with Crippen molar-refractivity contribution in [2.75, 3.05) is 11.3 Å². The number of nitrogens with two attached hydrogens (primary N) is 1. The smallest absolute Gasteiger partial charge is 0.262 e. The lowest BCUT2D eigenvalue weighted by atomic mass is 9.98. The number of nitrogens with one attached hydrogen (secondary N) is 2. The predicted octanol–water partition coefficient (Wildman–Crippen LogP) is 3.32. The first-order valence-corrected chi connectivity index (χ1v) is 12.1. The molecule has 1 unspecified atom stereocenters. The quantitative estimate of drug-likeness (QED) is 0.433. The second-order valence-electron chi connectivity index (χ2n) is 8.06. The maximum Gasteiger partial charge on any atom is 0.262 e. The number of halogens is 1. The van der Waals surface area contributed by atoms with Crippen LogP contribution in [0.2, 0.25) is 0 Å². The van der Waals surface area contributed by atoms with Crippen molar-refractivity contribution in [1.82, 2.24) is 5.32 Å². The van der Waals surface area contributed by atoms with Gasteiger partial charge in [0.15, 0.2) is 0 Å². The molecule has 3 rings (SSSR count). The van der Waals surface area contributed by atoms with Crippen LogP contribution in [0.25, 0.3) is 0 Å². The lowest BCUT2D eigenvalue weighted by Crippen LogP contribution is -2.37. The molecule has 0 aromatic heterocycles. The number of sulfonamides is 1. The molecule has 0 heterocycles. The van der Waals surface area contributed by atoms with E-state index in [9.17, 15) is 22.4 Å². The van der Waals surface area contributed by atoms with Gasteiger partial charge < -0.3 is 11.1 Å². The van der Waals surface area contributed by atoms with Crippen molar-refractivity contribution in [3.05, 3.63) is 94.8 Å². The molecule has 9 heteroatoms. The summed E-state index contributed by atoms with van der Waals surface area (Å²) in [5.41, 5.74) is 7.75. The fourth-order valence-corrected chi connectivity index (χ4v) is 4.87. The summed E-state index contributed by atoms with van der Waals surface area (Å²) in [6.45, 7) is 3.42. The minimum atomic E-state index is -3.95. The topological polar surface area (TPSA) is 118 Å². The minimum Gasteiger partial charge on any atom is -0.369 e. The molecule has 1 atom stereocenters. The van der Waals surface area contributed by atoms with E-state index in [1.165, 1.54) is 24.3 Å². The lowest BCUT2D eigenvalue weighted by Gasteiger charge is -2.17. The molecule has 0 spiro atoms. The summed E-state index contributed by atoms with van der Waals surface area (Å²) < 4.78 is 41.6. The molecule has 4 N–H and O–H groups in total. The van der Waals surface area contributed by atoms with Gasteiger partial charge in [-0.1, -0.05) is 36.4 Å². The standard InChI is InChI=1S/C25H26FN3O4S/c1-16-7-8-17(2)23(13-16)34(32,33)29-22-6-4-3-5-21(22)25(31)28-15-19(24(27)30)14-18-9-11-20(26)12-10-18/h3-13,19,29H,14-15H2,1-2H3,(H2,27,30)(H,28,31). The monoisotopic (exact) mass is 483 g/mol. The number of amides is 2. The molecular formula is C25H26FN3O4S. The number of anilines is 1. The van der Waals surface area contributed by atoms with E-state index in [4.69, 9.17) is 5.73 Å². The molecule has 2 amide bonds. The summed E-state index contributed by atoms with van der Waals surface area (Å²) in [6.07, 6.45) is 0.219. The highest BCUT2D eigenvalue weighted by atomic mass is 32.2. The number of benzene rings is 3. The van der Waals surface area contributed by atoms with Crippen molar-refractivity contribution in [3.63, 3.8) is 0 Å². The van der Waals surface area contributed by atoms with E-state index in [-0.39, 0.29) is 29.1 Å². The fraction of sp³-hybridized carbons (Fsp3) is 0.200. The average molecular weight is 484 g/mol. The van der Waals surface area contributed by atoms with Crippen LogP contribution in [0.4, 0.5) is 10.1 Å². The number of para-hydroxylation sites is 1. The zero-order valence-corrected chi connectivity index (χ0v) is 19.7. The number of carbonyl (C=O) groups is 2. The van der Waals surface area contributed by atoms with Crippen molar-refractivity contribution in [3.8, 4) is 0 Å². The molecule has 0 aliphatic carbocycles. The van der Waals surface area contributed by atoms with Gasteiger partial charge in [0.1, 0.15) is 5.82 Å². The maximum atomic E-state index is 13.1. The van der Waals surface area contributed by atoms with E-state index in [0.717, 1.165) is 5.56 Å². The van der Waals surface area contributed by atoms with Crippen LogP contribution in [-0.2, 0) is 21.2 Å². The third-order valence-corrected chi connectivity index (χ3v) is 6.86. The molecule has 178 valence electrons. The first-order valence-electron chi connectivity index (χ1n) is 10.6. The van der Waals surface area contributed by atoms with Crippen molar-refractivity contribution in [2.24, 2.45) is 11.7 Å². The van der Waals surface area contributed by atoms with Crippen LogP contribution in [0.5, 0.6) is 0 Å². The molecule has 0 aliphatic heterocycles. The van der Waals surface area contributed by atoms with E-state index in [0.29, 0.717) is 11.1 Å². The van der Waals surface area contributed by atoms with Gasteiger partial charge in [-0.05, 0) is 67.3 Å². The summed E-state index contributed by atoms with van der Waals surface area (Å²) >= 11 is 0. The van der Waals surface area contributed by atoms with E-state index in [1.54, 1.807) is 50.2 Å². The zero-order chi connectivity index (χ0) is 24.9. The SMILES string of the molecule is Cc1ccc(C)c(S(=O)(=O)Nc2ccccc2C(=O)NCC(Cc2ccc(F)cc2)C(N)=O)c1. The van der Waals surface area contributed by atoms with Crippen LogP contribution in [0, 0.1) is 25.6 Å². The van der Waals surface area contributed by atoms with Crippen LogP contribution in [0.15, 0.2) is 71.6 Å². The van der Waals surface area contributed by atoms with Crippen molar-refractivity contribution >= 4 is 27.5 Å². The molecule has 0 aliphatic rings. The number of aryl methyl sites for hydroxylation is 2. The highest BCUT2D eigenvalue weighted by Crippen LogP contribution is 2.23. The van der Waals surface area contributed by atoms with E-state index >= 15 is 0 Å². The summed E-state index contributed by atoms with van der Waals surface area (Å²) in [4.78, 5) is 24.9. The average Bonchev–Trinajstić information content (AvgIpc) is 2.79. The molecule has 0 saturated carbocycles. The Balaban J connectivity index is 1.76. The Kier molecular flexibility index (Phi) is 7.68. The zero-order valence-electron chi connectivity index (χ0n) is 18.8. The predicted molar refractivity (Wildman–Crippen MR) is 128 cm³/mol.